The summed E-state index contributed by atoms with van der Waals surface area (Å²) in [5.74, 6) is 1.35. The predicted molar refractivity (Wildman–Crippen MR) is 108 cm³/mol. The second kappa shape index (κ2) is 6.83. The number of nitrogens with zero attached hydrogens (tertiary/aromatic N) is 4. The summed E-state index contributed by atoms with van der Waals surface area (Å²) in [7, 11) is 0. The van der Waals surface area contributed by atoms with Crippen molar-refractivity contribution in [2.24, 2.45) is 5.73 Å². The number of benzene rings is 2. The minimum absolute atomic E-state index is 0.0300. The second-order valence-corrected chi connectivity index (χ2v) is 7.05. The highest BCUT2D eigenvalue weighted by atomic mass is 16.7. The Balaban J connectivity index is 1.62. The second-order valence-electron chi connectivity index (χ2n) is 7.05. The fourth-order valence-corrected chi connectivity index (χ4v) is 3.72. The number of allylic oxidation sites excluding steroid dienone is 1. The molecule has 5 rings (SSSR count). The van der Waals surface area contributed by atoms with Crippen molar-refractivity contribution >= 4 is 17.5 Å². The molecular formula is C20H16N6O5. The summed E-state index contributed by atoms with van der Waals surface area (Å²) in [6.45, 7) is 1.87. The molecule has 3 aromatic rings. The van der Waals surface area contributed by atoms with E-state index in [1.807, 2.05) is 6.07 Å². The topological polar surface area (TPSA) is 147 Å². The van der Waals surface area contributed by atoms with Crippen molar-refractivity contribution in [1.29, 1.82) is 0 Å². The van der Waals surface area contributed by atoms with Crippen molar-refractivity contribution in [3.8, 4) is 22.9 Å². The van der Waals surface area contributed by atoms with Crippen molar-refractivity contribution in [3.63, 3.8) is 0 Å². The van der Waals surface area contributed by atoms with Gasteiger partial charge in [0.25, 0.3) is 5.69 Å². The Hall–Kier alpha value is -4.41. The van der Waals surface area contributed by atoms with Gasteiger partial charge in [-0.3, -0.25) is 14.9 Å². The number of carbonyl (C=O) groups excluding carboxylic acids is 1. The number of anilines is 1. The standard InChI is InChI=1S/C20H16N6O5/c1-10-16(18(21)27)17(12-4-7-14-15(8-12)31-9-30-14)25-20(22-10)23-19(24-25)11-2-5-13(6-3-11)26(28)29/h2-8,17H,9H2,1H3,(H2,21,27)(H,22,23,24). The maximum atomic E-state index is 12.3. The Morgan fingerprint density at radius 2 is 1.97 bits per heavy atom. The summed E-state index contributed by atoms with van der Waals surface area (Å²) in [5.41, 5.74) is 7.89. The molecule has 31 heavy (non-hydrogen) atoms. The SMILES string of the molecule is CC1=C(C(N)=O)C(c2ccc3c(c2)OCO3)n2nc(-c3ccc([N+](=O)[O-])cc3)nc2N1. The van der Waals surface area contributed by atoms with Crippen LogP contribution in [-0.2, 0) is 4.79 Å². The van der Waals surface area contributed by atoms with Gasteiger partial charge in [-0.2, -0.15) is 4.98 Å². The monoisotopic (exact) mass is 420 g/mol. The van der Waals surface area contributed by atoms with E-state index in [1.165, 1.54) is 12.1 Å². The van der Waals surface area contributed by atoms with E-state index in [4.69, 9.17) is 15.2 Å². The molecule has 0 saturated carbocycles. The van der Waals surface area contributed by atoms with Gasteiger partial charge in [0.05, 0.1) is 10.5 Å². The average molecular weight is 420 g/mol. The van der Waals surface area contributed by atoms with Crippen molar-refractivity contribution in [2.45, 2.75) is 13.0 Å². The maximum absolute atomic E-state index is 12.3. The lowest BCUT2D eigenvalue weighted by atomic mass is 9.95. The molecular weight excluding hydrogens is 404 g/mol. The highest BCUT2D eigenvalue weighted by Crippen LogP contribution is 2.40. The molecule has 1 aromatic heterocycles. The molecule has 3 N–H and O–H groups in total. The number of nitrogens with two attached hydrogens (primary N) is 1. The largest absolute Gasteiger partial charge is 0.454 e. The first-order valence-electron chi connectivity index (χ1n) is 9.31. The van der Waals surface area contributed by atoms with Crippen LogP contribution >= 0.6 is 0 Å². The van der Waals surface area contributed by atoms with Gasteiger partial charge in [-0.05, 0) is 36.8 Å². The highest BCUT2D eigenvalue weighted by Gasteiger charge is 2.34. The summed E-state index contributed by atoms with van der Waals surface area (Å²) >= 11 is 0. The van der Waals surface area contributed by atoms with Gasteiger partial charge < -0.3 is 20.5 Å². The third-order valence-corrected chi connectivity index (χ3v) is 5.17. The Morgan fingerprint density at radius 1 is 1.23 bits per heavy atom. The number of hydrogen-bond acceptors (Lipinski definition) is 8. The van der Waals surface area contributed by atoms with Crippen LogP contribution in [0.1, 0.15) is 18.5 Å². The third kappa shape index (κ3) is 3.03. The molecule has 1 unspecified atom stereocenters. The van der Waals surface area contributed by atoms with E-state index in [1.54, 1.807) is 35.9 Å². The van der Waals surface area contributed by atoms with Gasteiger partial charge in [0.1, 0.15) is 6.04 Å². The van der Waals surface area contributed by atoms with E-state index in [0.717, 1.165) is 5.56 Å². The lowest BCUT2D eigenvalue weighted by Crippen LogP contribution is -2.31. The molecule has 0 bridgehead atoms. The van der Waals surface area contributed by atoms with Crippen LogP contribution in [0, 0.1) is 10.1 Å². The van der Waals surface area contributed by atoms with E-state index in [9.17, 15) is 14.9 Å². The molecule has 0 radical (unpaired) electrons. The Kier molecular flexibility index (Phi) is 4.10. The van der Waals surface area contributed by atoms with Gasteiger partial charge in [-0.1, -0.05) is 6.07 Å². The van der Waals surface area contributed by atoms with E-state index in [2.05, 4.69) is 15.4 Å². The summed E-state index contributed by atoms with van der Waals surface area (Å²) < 4.78 is 12.4. The zero-order valence-corrected chi connectivity index (χ0v) is 16.2. The molecule has 156 valence electrons. The van der Waals surface area contributed by atoms with E-state index < -0.39 is 16.9 Å². The fraction of sp³-hybridized carbons (Fsp3) is 0.150. The van der Waals surface area contributed by atoms with Crippen molar-refractivity contribution < 1.29 is 19.2 Å². The molecule has 11 heteroatoms. The van der Waals surface area contributed by atoms with Gasteiger partial charge >= 0.3 is 0 Å². The fourth-order valence-electron chi connectivity index (χ4n) is 3.72. The number of carbonyl (C=O) groups is 1. The number of rotatable bonds is 4. The van der Waals surface area contributed by atoms with E-state index in [0.29, 0.717) is 40.1 Å². The zero-order chi connectivity index (χ0) is 21.7. The summed E-state index contributed by atoms with van der Waals surface area (Å²) in [6, 6.07) is 10.6. The van der Waals surface area contributed by atoms with Crippen molar-refractivity contribution in [1.82, 2.24) is 14.8 Å². The lowest BCUT2D eigenvalue weighted by Gasteiger charge is -2.27. The third-order valence-electron chi connectivity index (χ3n) is 5.17. The number of amides is 1. The van der Waals surface area contributed by atoms with E-state index in [-0.39, 0.29) is 12.5 Å². The van der Waals surface area contributed by atoms with Crippen LogP contribution in [0.3, 0.4) is 0 Å². The normalized spacial score (nSPS) is 16.6. The van der Waals surface area contributed by atoms with Gasteiger partial charge in [0.2, 0.25) is 18.6 Å². The molecule has 11 nitrogen and oxygen atoms in total. The highest BCUT2D eigenvalue weighted by molar-refractivity contribution is 5.95. The Bertz CT molecular complexity index is 1260. The number of primary amides is 1. The Morgan fingerprint density at radius 3 is 2.68 bits per heavy atom. The maximum Gasteiger partial charge on any atom is 0.269 e. The zero-order valence-electron chi connectivity index (χ0n) is 16.2. The molecule has 0 spiro atoms. The van der Waals surface area contributed by atoms with Crippen LogP contribution in [-0.4, -0.2) is 32.4 Å². The lowest BCUT2D eigenvalue weighted by molar-refractivity contribution is -0.384. The molecule has 0 aliphatic carbocycles. The number of non-ortho nitro benzene ring substituents is 1. The number of nitro groups is 1. The number of hydrogen-bond donors (Lipinski definition) is 2. The van der Waals surface area contributed by atoms with Gasteiger partial charge in [0, 0.05) is 23.4 Å². The molecule has 3 heterocycles. The molecule has 0 saturated heterocycles. The quantitative estimate of drug-likeness (QED) is 0.483. The minimum Gasteiger partial charge on any atom is -0.454 e. The van der Waals surface area contributed by atoms with Crippen molar-refractivity contribution in [3.05, 3.63) is 69.4 Å². The van der Waals surface area contributed by atoms with Crippen LogP contribution in [0.15, 0.2) is 53.7 Å². The van der Waals surface area contributed by atoms with E-state index >= 15 is 0 Å². The van der Waals surface area contributed by atoms with Crippen molar-refractivity contribution in [2.75, 3.05) is 12.1 Å². The molecule has 2 aliphatic rings. The van der Waals surface area contributed by atoms with Crippen LogP contribution in [0.2, 0.25) is 0 Å². The molecule has 1 atom stereocenters. The minimum atomic E-state index is -0.637. The smallest absolute Gasteiger partial charge is 0.269 e. The summed E-state index contributed by atoms with van der Waals surface area (Å²) in [6.07, 6.45) is 0. The predicted octanol–water partition coefficient (Wildman–Crippen LogP) is 2.36. The molecule has 2 aliphatic heterocycles. The molecule has 2 aromatic carbocycles. The number of nitro benzene ring substituents is 1. The van der Waals surface area contributed by atoms with Gasteiger partial charge in [0.15, 0.2) is 17.3 Å². The number of aromatic nitrogens is 3. The molecule has 0 fully saturated rings. The van der Waals surface area contributed by atoms with Crippen LogP contribution in [0.25, 0.3) is 11.4 Å². The van der Waals surface area contributed by atoms with Crippen LogP contribution < -0.4 is 20.5 Å². The van der Waals surface area contributed by atoms with Gasteiger partial charge in [-0.25, -0.2) is 4.68 Å². The van der Waals surface area contributed by atoms with Crippen LogP contribution in [0.5, 0.6) is 11.5 Å². The number of fused-ring (bicyclic) bond motifs is 2. The first-order valence-corrected chi connectivity index (χ1v) is 9.31. The average Bonchev–Trinajstić information content (AvgIpc) is 3.38. The van der Waals surface area contributed by atoms with Gasteiger partial charge in [-0.15, -0.1) is 5.10 Å². The molecule has 1 amide bonds. The summed E-state index contributed by atoms with van der Waals surface area (Å²) in [4.78, 5) is 27.3. The Labute approximate surface area is 175 Å². The first-order chi connectivity index (χ1) is 14.9. The summed E-state index contributed by atoms with van der Waals surface area (Å²) in [5, 5.41) is 18.6. The first kappa shape index (κ1) is 18.6. The van der Waals surface area contributed by atoms with Crippen LogP contribution in [0.4, 0.5) is 11.6 Å². The number of nitrogens with one attached hydrogen (secondary N) is 1. The number of ether oxygens (including phenoxy) is 2.